The molecule has 2 aromatic rings. The monoisotopic (exact) mass is 304 g/mol. The molecule has 114 valence electrons. The number of nitrogens with one attached hydrogen (secondary N) is 1. The standard InChI is InChI=1S/C16H24N4S/c1-4-20-16(18-12-19-20)11-21-15-7-5-6-14(8-15)10-17-9-13(2)3/h5-8,12-13,17H,4,9-11H2,1-3H3. The Kier molecular flexibility index (Phi) is 6.26. The number of aromatic nitrogens is 3. The van der Waals surface area contributed by atoms with Crippen molar-refractivity contribution in [3.05, 3.63) is 42.0 Å². The number of benzene rings is 1. The molecule has 0 aliphatic rings. The molecule has 0 radical (unpaired) electrons. The third kappa shape index (κ3) is 5.17. The van der Waals surface area contributed by atoms with E-state index >= 15 is 0 Å². The fraction of sp³-hybridized carbons (Fsp3) is 0.500. The van der Waals surface area contributed by atoms with E-state index in [1.807, 2.05) is 16.4 Å². The maximum absolute atomic E-state index is 4.31. The Morgan fingerprint density at radius 1 is 1.33 bits per heavy atom. The van der Waals surface area contributed by atoms with E-state index in [1.165, 1.54) is 10.5 Å². The van der Waals surface area contributed by atoms with Crippen LogP contribution < -0.4 is 5.32 Å². The van der Waals surface area contributed by atoms with Gasteiger partial charge in [-0.25, -0.2) is 9.67 Å². The van der Waals surface area contributed by atoms with Crippen LogP contribution in [-0.2, 0) is 18.8 Å². The summed E-state index contributed by atoms with van der Waals surface area (Å²) < 4.78 is 1.95. The molecule has 21 heavy (non-hydrogen) atoms. The molecule has 0 saturated carbocycles. The smallest absolute Gasteiger partial charge is 0.138 e. The fourth-order valence-corrected chi connectivity index (χ4v) is 2.99. The van der Waals surface area contributed by atoms with Crippen molar-refractivity contribution in [2.45, 2.75) is 44.5 Å². The molecule has 4 nitrogen and oxygen atoms in total. The third-order valence-corrected chi connectivity index (χ3v) is 4.13. The number of thioether (sulfide) groups is 1. The van der Waals surface area contributed by atoms with Crippen LogP contribution >= 0.6 is 11.8 Å². The molecular weight excluding hydrogens is 280 g/mol. The summed E-state index contributed by atoms with van der Waals surface area (Å²) in [5.74, 6) is 2.57. The number of nitrogens with zero attached hydrogens (tertiary/aromatic N) is 3. The lowest BCUT2D eigenvalue weighted by Gasteiger charge is -2.09. The minimum Gasteiger partial charge on any atom is -0.312 e. The molecular formula is C16H24N4S. The van der Waals surface area contributed by atoms with E-state index < -0.39 is 0 Å². The van der Waals surface area contributed by atoms with Gasteiger partial charge in [0.25, 0.3) is 0 Å². The first kappa shape index (κ1) is 16.0. The molecule has 0 saturated heterocycles. The molecule has 0 spiro atoms. The first-order chi connectivity index (χ1) is 10.2. The molecule has 1 aromatic carbocycles. The van der Waals surface area contributed by atoms with Gasteiger partial charge in [0.2, 0.25) is 0 Å². The van der Waals surface area contributed by atoms with Gasteiger partial charge in [0, 0.05) is 18.0 Å². The van der Waals surface area contributed by atoms with Gasteiger partial charge in [0.1, 0.15) is 12.2 Å². The highest BCUT2D eigenvalue weighted by molar-refractivity contribution is 7.98. The lowest BCUT2D eigenvalue weighted by molar-refractivity contribution is 0.552. The van der Waals surface area contributed by atoms with Crippen LogP contribution in [0.4, 0.5) is 0 Å². The lowest BCUT2D eigenvalue weighted by atomic mass is 10.2. The summed E-state index contributed by atoms with van der Waals surface area (Å²) in [5.41, 5.74) is 1.33. The van der Waals surface area contributed by atoms with Gasteiger partial charge in [-0.3, -0.25) is 0 Å². The molecule has 0 fully saturated rings. The van der Waals surface area contributed by atoms with Crippen molar-refractivity contribution in [1.82, 2.24) is 20.1 Å². The van der Waals surface area contributed by atoms with E-state index in [0.717, 1.165) is 31.2 Å². The van der Waals surface area contributed by atoms with Crippen molar-refractivity contribution in [2.24, 2.45) is 5.92 Å². The van der Waals surface area contributed by atoms with Crippen LogP contribution in [0, 0.1) is 5.92 Å². The van der Waals surface area contributed by atoms with Gasteiger partial charge in [-0.15, -0.1) is 11.8 Å². The zero-order chi connectivity index (χ0) is 15.1. The molecule has 0 aliphatic carbocycles. The Balaban J connectivity index is 1.89. The summed E-state index contributed by atoms with van der Waals surface area (Å²) in [7, 11) is 0. The Hall–Kier alpha value is -1.33. The molecule has 2 rings (SSSR count). The van der Waals surface area contributed by atoms with E-state index in [0.29, 0.717) is 5.92 Å². The second kappa shape index (κ2) is 8.20. The van der Waals surface area contributed by atoms with Crippen LogP contribution in [0.5, 0.6) is 0 Å². The zero-order valence-corrected chi connectivity index (χ0v) is 13.9. The summed E-state index contributed by atoms with van der Waals surface area (Å²) in [4.78, 5) is 5.59. The van der Waals surface area contributed by atoms with E-state index in [-0.39, 0.29) is 0 Å². The third-order valence-electron chi connectivity index (χ3n) is 3.14. The topological polar surface area (TPSA) is 42.7 Å². The van der Waals surface area contributed by atoms with Crippen LogP contribution in [-0.4, -0.2) is 21.3 Å². The Morgan fingerprint density at radius 2 is 2.19 bits per heavy atom. The zero-order valence-electron chi connectivity index (χ0n) is 13.0. The molecule has 0 atom stereocenters. The number of hydrogen-bond acceptors (Lipinski definition) is 4. The SMILES string of the molecule is CCn1ncnc1CSc1cccc(CNCC(C)C)c1. The second-order valence-electron chi connectivity index (χ2n) is 5.45. The first-order valence-electron chi connectivity index (χ1n) is 7.48. The van der Waals surface area contributed by atoms with Gasteiger partial charge in [-0.2, -0.15) is 5.10 Å². The highest BCUT2D eigenvalue weighted by atomic mass is 32.2. The van der Waals surface area contributed by atoms with E-state index in [4.69, 9.17) is 0 Å². The largest absolute Gasteiger partial charge is 0.312 e. The van der Waals surface area contributed by atoms with Gasteiger partial charge in [-0.05, 0) is 37.1 Å². The molecule has 1 aromatic heterocycles. The van der Waals surface area contributed by atoms with Crippen LogP contribution in [0.1, 0.15) is 32.2 Å². The lowest BCUT2D eigenvalue weighted by Crippen LogP contribution is -2.18. The van der Waals surface area contributed by atoms with Crippen LogP contribution in [0.25, 0.3) is 0 Å². The molecule has 1 N–H and O–H groups in total. The van der Waals surface area contributed by atoms with Crippen molar-refractivity contribution in [3.63, 3.8) is 0 Å². The minimum atomic E-state index is 0.683. The maximum atomic E-state index is 4.31. The van der Waals surface area contributed by atoms with Gasteiger partial charge in [-0.1, -0.05) is 26.0 Å². The highest BCUT2D eigenvalue weighted by Gasteiger charge is 2.04. The average Bonchev–Trinajstić information content (AvgIpc) is 2.92. The van der Waals surface area contributed by atoms with Crippen LogP contribution in [0.2, 0.25) is 0 Å². The normalized spacial score (nSPS) is 11.2. The van der Waals surface area contributed by atoms with Crippen LogP contribution in [0.3, 0.4) is 0 Å². The quantitative estimate of drug-likeness (QED) is 0.760. The van der Waals surface area contributed by atoms with E-state index in [2.05, 4.69) is 60.4 Å². The number of hydrogen-bond donors (Lipinski definition) is 1. The van der Waals surface area contributed by atoms with E-state index in [9.17, 15) is 0 Å². The highest BCUT2D eigenvalue weighted by Crippen LogP contribution is 2.22. The molecule has 1 heterocycles. The molecule has 0 unspecified atom stereocenters. The molecule has 0 bridgehead atoms. The number of rotatable bonds is 8. The summed E-state index contributed by atoms with van der Waals surface area (Å²) in [6.07, 6.45) is 1.63. The van der Waals surface area contributed by atoms with Crippen molar-refractivity contribution in [3.8, 4) is 0 Å². The first-order valence-corrected chi connectivity index (χ1v) is 8.46. The maximum Gasteiger partial charge on any atom is 0.138 e. The molecule has 5 heteroatoms. The number of aryl methyl sites for hydroxylation is 1. The molecule has 0 aliphatic heterocycles. The average molecular weight is 304 g/mol. The second-order valence-corrected chi connectivity index (χ2v) is 6.50. The summed E-state index contributed by atoms with van der Waals surface area (Å²) in [6.45, 7) is 9.39. The van der Waals surface area contributed by atoms with Crippen molar-refractivity contribution < 1.29 is 0 Å². The van der Waals surface area contributed by atoms with Gasteiger partial charge < -0.3 is 5.32 Å². The molecule has 0 amide bonds. The Labute approximate surface area is 131 Å². The van der Waals surface area contributed by atoms with Gasteiger partial charge in [0.05, 0.1) is 5.75 Å². The van der Waals surface area contributed by atoms with Gasteiger partial charge in [0.15, 0.2) is 0 Å². The summed E-state index contributed by atoms with van der Waals surface area (Å²) >= 11 is 1.81. The van der Waals surface area contributed by atoms with Gasteiger partial charge >= 0.3 is 0 Å². The fourth-order valence-electron chi connectivity index (χ4n) is 2.06. The van der Waals surface area contributed by atoms with Crippen molar-refractivity contribution in [1.29, 1.82) is 0 Å². The van der Waals surface area contributed by atoms with Crippen molar-refractivity contribution in [2.75, 3.05) is 6.54 Å². The Morgan fingerprint density at radius 3 is 2.95 bits per heavy atom. The van der Waals surface area contributed by atoms with E-state index in [1.54, 1.807) is 6.33 Å². The summed E-state index contributed by atoms with van der Waals surface area (Å²) in [5, 5.41) is 7.68. The summed E-state index contributed by atoms with van der Waals surface area (Å²) in [6, 6.07) is 8.71. The predicted molar refractivity (Wildman–Crippen MR) is 88.2 cm³/mol. The van der Waals surface area contributed by atoms with Crippen LogP contribution in [0.15, 0.2) is 35.5 Å². The predicted octanol–water partition coefficient (Wildman–Crippen LogP) is 3.34. The minimum absolute atomic E-state index is 0.683. The Bertz CT molecular complexity index is 551. The van der Waals surface area contributed by atoms with Crippen molar-refractivity contribution >= 4 is 11.8 Å².